The molecule has 0 fully saturated rings. The fraction of sp³-hybridized carbons (Fsp3) is 0.333. The van der Waals surface area contributed by atoms with Gasteiger partial charge in [-0.2, -0.15) is 0 Å². The average molecular weight is 215 g/mol. The van der Waals surface area contributed by atoms with Crippen LogP contribution >= 0.6 is 11.6 Å². The van der Waals surface area contributed by atoms with E-state index in [1.807, 2.05) is 0 Å². The minimum absolute atomic E-state index is 0.249. The van der Waals surface area contributed by atoms with Crippen LogP contribution in [-0.2, 0) is 0 Å². The summed E-state index contributed by atoms with van der Waals surface area (Å²) < 4.78 is 0. The van der Waals surface area contributed by atoms with Crippen LogP contribution < -0.4 is 10.9 Å². The Morgan fingerprint density at radius 1 is 1.57 bits per heavy atom. The fourth-order valence-electron chi connectivity index (χ4n) is 0.957. The van der Waals surface area contributed by atoms with Crippen LogP contribution in [0.15, 0.2) is 23.1 Å². The molecule has 0 aliphatic carbocycles. The Hall–Kier alpha value is -1.29. The van der Waals surface area contributed by atoms with Crippen molar-refractivity contribution in [3.05, 3.63) is 34.2 Å². The van der Waals surface area contributed by atoms with Gasteiger partial charge in [0, 0.05) is 30.3 Å². The van der Waals surface area contributed by atoms with Gasteiger partial charge in [-0.15, -0.1) is 11.6 Å². The second-order valence-corrected chi connectivity index (χ2v) is 3.12. The molecule has 4 nitrogen and oxygen atoms in total. The van der Waals surface area contributed by atoms with E-state index in [0.29, 0.717) is 18.0 Å². The van der Waals surface area contributed by atoms with E-state index in [9.17, 15) is 9.59 Å². The highest BCUT2D eigenvalue weighted by Gasteiger charge is 2.03. The second-order valence-electron chi connectivity index (χ2n) is 2.74. The molecule has 0 aromatic carbocycles. The molecule has 0 aliphatic heterocycles. The molecule has 76 valence electrons. The largest absolute Gasteiger partial charge is 0.352 e. The molecule has 0 aliphatic rings. The number of nitrogens with one attached hydrogen (secondary N) is 2. The minimum atomic E-state index is -0.282. The lowest BCUT2D eigenvalue weighted by Crippen LogP contribution is -2.25. The molecule has 0 atom stereocenters. The number of rotatable bonds is 4. The summed E-state index contributed by atoms with van der Waals surface area (Å²) >= 11 is 5.45. The average Bonchev–Trinajstić information content (AvgIpc) is 2.18. The van der Waals surface area contributed by atoms with Crippen LogP contribution in [0.3, 0.4) is 0 Å². The predicted octanol–water partition coefficient (Wildman–Crippen LogP) is 0.734. The zero-order valence-electron chi connectivity index (χ0n) is 7.55. The van der Waals surface area contributed by atoms with Crippen molar-refractivity contribution in [2.45, 2.75) is 6.42 Å². The van der Waals surface area contributed by atoms with Crippen LogP contribution in [0, 0.1) is 0 Å². The van der Waals surface area contributed by atoms with Crippen LogP contribution in [0.4, 0.5) is 0 Å². The van der Waals surface area contributed by atoms with Crippen molar-refractivity contribution in [1.82, 2.24) is 10.3 Å². The summed E-state index contributed by atoms with van der Waals surface area (Å²) in [6, 6.07) is 2.81. The Morgan fingerprint density at radius 3 is 3.00 bits per heavy atom. The second kappa shape index (κ2) is 5.44. The lowest BCUT2D eigenvalue weighted by molar-refractivity contribution is 0.0953. The summed E-state index contributed by atoms with van der Waals surface area (Å²) in [6.07, 6.45) is 2.16. The Balaban J connectivity index is 2.56. The molecular weight excluding hydrogens is 204 g/mol. The third-order valence-corrected chi connectivity index (χ3v) is 1.90. The van der Waals surface area contributed by atoms with Gasteiger partial charge in [-0.3, -0.25) is 9.59 Å². The van der Waals surface area contributed by atoms with Crippen molar-refractivity contribution in [2.24, 2.45) is 0 Å². The van der Waals surface area contributed by atoms with E-state index in [4.69, 9.17) is 11.6 Å². The van der Waals surface area contributed by atoms with Gasteiger partial charge >= 0.3 is 0 Å². The number of halogens is 1. The van der Waals surface area contributed by atoms with Gasteiger partial charge in [0.15, 0.2) is 0 Å². The monoisotopic (exact) mass is 214 g/mol. The molecule has 1 amide bonds. The topological polar surface area (TPSA) is 62.0 Å². The van der Waals surface area contributed by atoms with Gasteiger partial charge < -0.3 is 10.3 Å². The molecule has 1 aromatic rings. The van der Waals surface area contributed by atoms with E-state index in [1.54, 1.807) is 6.07 Å². The first kappa shape index (κ1) is 10.8. The molecule has 0 saturated heterocycles. The maximum Gasteiger partial charge on any atom is 0.251 e. The van der Waals surface area contributed by atoms with Gasteiger partial charge in [0.05, 0.1) is 0 Å². The summed E-state index contributed by atoms with van der Waals surface area (Å²) in [7, 11) is 0. The SMILES string of the molecule is O=C(NCCCCl)c1cc[nH]c(=O)c1. The lowest BCUT2D eigenvalue weighted by atomic mass is 10.2. The highest BCUT2D eigenvalue weighted by Crippen LogP contribution is 1.92. The third-order valence-electron chi connectivity index (χ3n) is 1.63. The molecule has 1 heterocycles. The van der Waals surface area contributed by atoms with Crippen LogP contribution in [0.1, 0.15) is 16.8 Å². The third kappa shape index (κ3) is 3.22. The maximum absolute atomic E-state index is 11.4. The summed E-state index contributed by atoms with van der Waals surface area (Å²) in [5.74, 6) is 0.261. The van der Waals surface area contributed by atoms with Crippen LogP contribution in [0.2, 0.25) is 0 Å². The van der Waals surface area contributed by atoms with E-state index in [1.165, 1.54) is 12.3 Å². The molecule has 2 N–H and O–H groups in total. The molecule has 5 heteroatoms. The standard InChI is InChI=1S/C9H11ClN2O2/c10-3-1-4-12-9(14)7-2-5-11-8(13)6-7/h2,5-6H,1,3-4H2,(H,11,13)(H,12,14). The number of pyridine rings is 1. The van der Waals surface area contributed by atoms with Gasteiger partial charge in [-0.05, 0) is 12.5 Å². The van der Waals surface area contributed by atoms with E-state index in [-0.39, 0.29) is 11.5 Å². The molecule has 0 saturated carbocycles. The first-order valence-corrected chi connectivity index (χ1v) is 4.80. The van der Waals surface area contributed by atoms with Gasteiger partial charge in [0.1, 0.15) is 0 Å². The Morgan fingerprint density at radius 2 is 2.36 bits per heavy atom. The number of amides is 1. The normalized spacial score (nSPS) is 9.79. The van der Waals surface area contributed by atoms with Crippen molar-refractivity contribution in [3.8, 4) is 0 Å². The Labute approximate surface area is 86.3 Å². The van der Waals surface area contributed by atoms with Gasteiger partial charge in [0.25, 0.3) is 5.91 Å². The Bertz CT molecular complexity index is 362. The van der Waals surface area contributed by atoms with Crippen LogP contribution in [0.5, 0.6) is 0 Å². The summed E-state index contributed by atoms with van der Waals surface area (Å²) in [6.45, 7) is 0.523. The molecule has 1 rings (SSSR count). The van der Waals surface area contributed by atoms with Crippen molar-refractivity contribution in [3.63, 3.8) is 0 Å². The lowest BCUT2D eigenvalue weighted by Gasteiger charge is -2.02. The summed E-state index contributed by atoms with van der Waals surface area (Å²) in [4.78, 5) is 24.7. The highest BCUT2D eigenvalue weighted by atomic mass is 35.5. The quantitative estimate of drug-likeness (QED) is 0.574. The van der Waals surface area contributed by atoms with E-state index in [2.05, 4.69) is 10.3 Å². The molecule has 0 bridgehead atoms. The molecule has 0 spiro atoms. The van der Waals surface area contributed by atoms with E-state index >= 15 is 0 Å². The number of hydrogen-bond acceptors (Lipinski definition) is 2. The van der Waals surface area contributed by atoms with Gasteiger partial charge in [0.2, 0.25) is 5.56 Å². The zero-order valence-corrected chi connectivity index (χ0v) is 8.30. The van der Waals surface area contributed by atoms with Crippen molar-refractivity contribution in [2.75, 3.05) is 12.4 Å². The Kier molecular flexibility index (Phi) is 4.19. The first-order chi connectivity index (χ1) is 6.74. The number of H-pyrrole nitrogens is 1. The van der Waals surface area contributed by atoms with Crippen LogP contribution in [-0.4, -0.2) is 23.3 Å². The molecule has 0 unspecified atom stereocenters. The molecule has 0 radical (unpaired) electrons. The van der Waals surface area contributed by atoms with Crippen molar-refractivity contribution < 1.29 is 4.79 Å². The first-order valence-electron chi connectivity index (χ1n) is 4.27. The number of hydrogen-bond donors (Lipinski definition) is 2. The molecule has 14 heavy (non-hydrogen) atoms. The van der Waals surface area contributed by atoms with Crippen LogP contribution in [0.25, 0.3) is 0 Å². The number of aromatic nitrogens is 1. The number of alkyl halides is 1. The zero-order chi connectivity index (χ0) is 10.4. The summed E-state index contributed by atoms with van der Waals surface area (Å²) in [5, 5.41) is 2.65. The smallest absolute Gasteiger partial charge is 0.251 e. The number of aromatic amines is 1. The summed E-state index contributed by atoms with van der Waals surface area (Å²) in [5.41, 5.74) is 0.0818. The minimum Gasteiger partial charge on any atom is -0.352 e. The van der Waals surface area contributed by atoms with E-state index < -0.39 is 0 Å². The maximum atomic E-state index is 11.4. The molecule has 1 aromatic heterocycles. The van der Waals surface area contributed by atoms with Gasteiger partial charge in [-0.1, -0.05) is 0 Å². The van der Waals surface area contributed by atoms with E-state index in [0.717, 1.165) is 6.42 Å². The van der Waals surface area contributed by atoms with Crippen molar-refractivity contribution >= 4 is 17.5 Å². The fourth-order valence-corrected chi connectivity index (χ4v) is 1.09. The highest BCUT2D eigenvalue weighted by molar-refractivity contribution is 6.17. The van der Waals surface area contributed by atoms with Crippen molar-refractivity contribution in [1.29, 1.82) is 0 Å². The number of carbonyl (C=O) groups excluding carboxylic acids is 1. The number of carbonyl (C=O) groups is 1. The van der Waals surface area contributed by atoms with Gasteiger partial charge in [-0.25, -0.2) is 0 Å². The molecular formula is C9H11ClN2O2. The predicted molar refractivity (Wildman–Crippen MR) is 54.7 cm³/mol.